The second kappa shape index (κ2) is 9.17. The van der Waals surface area contributed by atoms with Crippen molar-refractivity contribution in [1.82, 2.24) is 5.43 Å². The summed E-state index contributed by atoms with van der Waals surface area (Å²) in [5.74, 6) is 1.59. The van der Waals surface area contributed by atoms with Gasteiger partial charge in [0.15, 0.2) is 11.5 Å². The Morgan fingerprint density at radius 3 is 1.97 bits per heavy atom. The normalized spacial score (nSPS) is 11.2. The van der Waals surface area contributed by atoms with E-state index in [1.807, 2.05) is 43.3 Å². The van der Waals surface area contributed by atoms with E-state index in [-0.39, 0.29) is 0 Å². The number of ether oxygens (including phenoxy) is 4. The fraction of sp³-hybridized carbons (Fsp3) is 0.217. The molecular weight excluding hydrogens is 384 g/mol. The summed E-state index contributed by atoms with van der Waals surface area (Å²) in [4.78, 5) is 12.7. The summed E-state index contributed by atoms with van der Waals surface area (Å²) in [5.41, 5.74) is 4.49. The molecule has 30 heavy (non-hydrogen) atoms. The van der Waals surface area contributed by atoms with E-state index < -0.39 is 5.91 Å². The predicted molar refractivity (Wildman–Crippen MR) is 116 cm³/mol. The minimum absolute atomic E-state index is 0.334. The molecule has 0 unspecified atom stereocenters. The van der Waals surface area contributed by atoms with Gasteiger partial charge >= 0.3 is 0 Å². The SMILES string of the molecule is COc1cc(C(=O)N/N=C(/C)c2ccc(OC)c3ccccc23)cc(OC)c1OC. The third-order valence-corrected chi connectivity index (χ3v) is 4.75. The number of carbonyl (C=O) groups excluding carboxylic acids is 1. The molecule has 0 heterocycles. The van der Waals surface area contributed by atoms with Crippen molar-refractivity contribution in [1.29, 1.82) is 0 Å². The average molecular weight is 408 g/mol. The summed E-state index contributed by atoms with van der Waals surface area (Å²) >= 11 is 0. The third-order valence-electron chi connectivity index (χ3n) is 4.75. The average Bonchev–Trinajstić information content (AvgIpc) is 2.80. The molecule has 3 rings (SSSR count). The maximum Gasteiger partial charge on any atom is 0.271 e. The summed E-state index contributed by atoms with van der Waals surface area (Å²) in [7, 11) is 6.14. The molecule has 0 aliphatic heterocycles. The minimum atomic E-state index is -0.397. The molecule has 1 amide bonds. The largest absolute Gasteiger partial charge is 0.496 e. The topological polar surface area (TPSA) is 78.4 Å². The monoisotopic (exact) mass is 408 g/mol. The molecule has 0 saturated carbocycles. The highest BCUT2D eigenvalue weighted by Gasteiger charge is 2.17. The van der Waals surface area contributed by atoms with Crippen LogP contribution in [0.5, 0.6) is 23.0 Å². The van der Waals surface area contributed by atoms with Gasteiger partial charge in [0, 0.05) is 16.5 Å². The second-order valence-corrected chi connectivity index (χ2v) is 6.41. The van der Waals surface area contributed by atoms with Crippen LogP contribution in [-0.4, -0.2) is 40.1 Å². The van der Waals surface area contributed by atoms with Crippen LogP contribution in [0.25, 0.3) is 10.8 Å². The smallest absolute Gasteiger partial charge is 0.271 e. The first-order valence-corrected chi connectivity index (χ1v) is 9.24. The molecule has 7 heteroatoms. The number of methoxy groups -OCH3 is 4. The Kier molecular flexibility index (Phi) is 6.41. The molecule has 1 N–H and O–H groups in total. The fourth-order valence-electron chi connectivity index (χ4n) is 3.24. The van der Waals surface area contributed by atoms with Crippen LogP contribution >= 0.6 is 0 Å². The third kappa shape index (κ3) is 4.00. The number of nitrogens with zero attached hydrogens (tertiary/aromatic N) is 1. The van der Waals surface area contributed by atoms with Gasteiger partial charge in [-0.15, -0.1) is 0 Å². The highest BCUT2D eigenvalue weighted by molar-refractivity contribution is 6.11. The van der Waals surface area contributed by atoms with Crippen LogP contribution in [0, 0.1) is 0 Å². The van der Waals surface area contributed by atoms with Gasteiger partial charge in [-0.05, 0) is 36.6 Å². The number of hydrogen-bond donors (Lipinski definition) is 1. The van der Waals surface area contributed by atoms with Gasteiger partial charge in [-0.2, -0.15) is 5.10 Å². The van der Waals surface area contributed by atoms with E-state index >= 15 is 0 Å². The van der Waals surface area contributed by atoms with Gasteiger partial charge in [0.05, 0.1) is 34.2 Å². The molecule has 3 aromatic carbocycles. The molecule has 3 aromatic rings. The highest BCUT2D eigenvalue weighted by atomic mass is 16.5. The van der Waals surface area contributed by atoms with Crippen molar-refractivity contribution < 1.29 is 23.7 Å². The molecule has 0 atom stereocenters. The Balaban J connectivity index is 1.91. The van der Waals surface area contributed by atoms with E-state index in [1.165, 1.54) is 21.3 Å². The predicted octanol–water partition coefficient (Wildman–Crippen LogP) is 4.03. The van der Waals surface area contributed by atoms with E-state index in [4.69, 9.17) is 18.9 Å². The van der Waals surface area contributed by atoms with Gasteiger partial charge in [-0.3, -0.25) is 4.79 Å². The Labute approximate surface area is 175 Å². The van der Waals surface area contributed by atoms with Crippen LogP contribution in [0.3, 0.4) is 0 Å². The van der Waals surface area contributed by atoms with Crippen LogP contribution in [0.15, 0.2) is 53.6 Å². The molecule has 156 valence electrons. The number of amides is 1. The van der Waals surface area contributed by atoms with Crippen LogP contribution in [0.4, 0.5) is 0 Å². The summed E-state index contributed by atoms with van der Waals surface area (Å²) < 4.78 is 21.3. The minimum Gasteiger partial charge on any atom is -0.496 e. The van der Waals surface area contributed by atoms with Gasteiger partial charge in [0.25, 0.3) is 5.91 Å². The zero-order chi connectivity index (χ0) is 21.7. The summed E-state index contributed by atoms with van der Waals surface area (Å²) in [6.07, 6.45) is 0. The van der Waals surface area contributed by atoms with Crippen molar-refractivity contribution >= 4 is 22.4 Å². The number of benzene rings is 3. The Morgan fingerprint density at radius 1 is 0.800 bits per heavy atom. The van der Waals surface area contributed by atoms with Gasteiger partial charge in [0.1, 0.15) is 5.75 Å². The lowest BCUT2D eigenvalue weighted by atomic mass is 10.0. The van der Waals surface area contributed by atoms with E-state index in [1.54, 1.807) is 19.2 Å². The van der Waals surface area contributed by atoms with Crippen molar-refractivity contribution in [3.63, 3.8) is 0 Å². The molecule has 0 radical (unpaired) electrons. The molecule has 0 spiro atoms. The maximum absolute atomic E-state index is 12.7. The van der Waals surface area contributed by atoms with E-state index in [9.17, 15) is 4.79 Å². The molecule has 0 saturated heterocycles. The quantitative estimate of drug-likeness (QED) is 0.472. The van der Waals surface area contributed by atoms with Crippen LogP contribution in [-0.2, 0) is 0 Å². The number of nitrogens with one attached hydrogen (secondary N) is 1. The lowest BCUT2D eigenvalue weighted by molar-refractivity contribution is 0.0954. The Hall–Kier alpha value is -3.74. The van der Waals surface area contributed by atoms with Gasteiger partial charge in [-0.1, -0.05) is 24.3 Å². The first-order valence-electron chi connectivity index (χ1n) is 9.24. The number of hydrazone groups is 1. The molecular formula is C23H24N2O5. The maximum atomic E-state index is 12.7. The van der Waals surface area contributed by atoms with Crippen molar-refractivity contribution in [3.05, 3.63) is 59.7 Å². The Bertz CT molecular complexity index is 1080. The first-order chi connectivity index (χ1) is 14.5. The van der Waals surface area contributed by atoms with Gasteiger partial charge < -0.3 is 18.9 Å². The zero-order valence-electron chi connectivity index (χ0n) is 17.6. The summed E-state index contributed by atoms with van der Waals surface area (Å²) in [6, 6.07) is 14.8. The van der Waals surface area contributed by atoms with Crippen molar-refractivity contribution in [2.75, 3.05) is 28.4 Å². The number of hydrogen-bond acceptors (Lipinski definition) is 6. The molecule has 0 aliphatic carbocycles. The molecule has 0 fully saturated rings. The fourth-order valence-corrected chi connectivity index (χ4v) is 3.24. The molecule has 0 bridgehead atoms. The lowest BCUT2D eigenvalue weighted by Gasteiger charge is -2.13. The molecule has 7 nitrogen and oxygen atoms in total. The summed E-state index contributed by atoms with van der Waals surface area (Å²) in [6.45, 7) is 1.84. The zero-order valence-corrected chi connectivity index (χ0v) is 17.6. The summed E-state index contributed by atoms with van der Waals surface area (Å²) in [5, 5.41) is 6.25. The highest BCUT2D eigenvalue weighted by Crippen LogP contribution is 2.38. The van der Waals surface area contributed by atoms with E-state index in [2.05, 4.69) is 10.5 Å². The van der Waals surface area contributed by atoms with Crippen LogP contribution < -0.4 is 24.4 Å². The number of fused-ring (bicyclic) bond motifs is 1. The Morgan fingerprint density at radius 2 is 1.40 bits per heavy atom. The van der Waals surface area contributed by atoms with Gasteiger partial charge in [0.2, 0.25) is 5.75 Å². The second-order valence-electron chi connectivity index (χ2n) is 6.41. The van der Waals surface area contributed by atoms with Crippen molar-refractivity contribution in [2.24, 2.45) is 5.10 Å². The van der Waals surface area contributed by atoms with E-state index in [0.29, 0.717) is 28.5 Å². The van der Waals surface area contributed by atoms with Crippen molar-refractivity contribution in [3.8, 4) is 23.0 Å². The lowest BCUT2D eigenvalue weighted by Crippen LogP contribution is -2.19. The number of rotatable bonds is 7. The first kappa shape index (κ1) is 21.0. The van der Waals surface area contributed by atoms with Crippen LogP contribution in [0.1, 0.15) is 22.8 Å². The standard InChI is InChI=1S/C23H24N2O5/c1-14(16-10-11-19(27-2)18-9-7-6-8-17(16)18)24-25-23(26)15-12-20(28-3)22(30-5)21(13-15)29-4/h6-13H,1-5H3,(H,25,26)/b24-14-. The van der Waals surface area contributed by atoms with Crippen LogP contribution in [0.2, 0.25) is 0 Å². The van der Waals surface area contributed by atoms with Gasteiger partial charge in [-0.25, -0.2) is 5.43 Å². The molecule has 0 aliphatic rings. The van der Waals surface area contributed by atoms with E-state index in [0.717, 1.165) is 22.1 Å². The molecule has 0 aromatic heterocycles. The number of carbonyl (C=O) groups is 1. The van der Waals surface area contributed by atoms with Crippen molar-refractivity contribution in [2.45, 2.75) is 6.92 Å².